The molecule has 17 heavy (non-hydrogen) atoms. The molecule has 0 aliphatic carbocycles. The molecule has 0 aliphatic heterocycles. The SMILES string of the molecule is COc1ccccc1C(O)c1ccnc(F)c1. The van der Waals surface area contributed by atoms with Crippen LogP contribution in [0.25, 0.3) is 0 Å². The third kappa shape index (κ3) is 2.42. The summed E-state index contributed by atoms with van der Waals surface area (Å²) < 4.78 is 18.1. The first-order chi connectivity index (χ1) is 8.22. The number of halogens is 1. The summed E-state index contributed by atoms with van der Waals surface area (Å²) in [4.78, 5) is 3.45. The number of aliphatic hydroxyl groups is 1. The fourth-order valence-electron chi connectivity index (χ4n) is 1.66. The molecule has 0 radical (unpaired) electrons. The van der Waals surface area contributed by atoms with Gasteiger partial charge in [0.25, 0.3) is 0 Å². The first-order valence-electron chi connectivity index (χ1n) is 5.15. The molecule has 1 heterocycles. The molecule has 0 amide bonds. The number of ether oxygens (including phenoxy) is 1. The summed E-state index contributed by atoms with van der Waals surface area (Å²) in [7, 11) is 1.53. The zero-order chi connectivity index (χ0) is 12.3. The molecule has 0 saturated carbocycles. The van der Waals surface area contributed by atoms with Gasteiger partial charge < -0.3 is 9.84 Å². The van der Waals surface area contributed by atoms with E-state index >= 15 is 0 Å². The van der Waals surface area contributed by atoms with Gasteiger partial charge in [-0.25, -0.2) is 4.98 Å². The van der Waals surface area contributed by atoms with Gasteiger partial charge >= 0.3 is 0 Å². The van der Waals surface area contributed by atoms with E-state index in [1.807, 2.05) is 6.07 Å². The maximum Gasteiger partial charge on any atom is 0.213 e. The van der Waals surface area contributed by atoms with Gasteiger partial charge in [-0.15, -0.1) is 0 Å². The topological polar surface area (TPSA) is 42.4 Å². The van der Waals surface area contributed by atoms with Crippen LogP contribution in [-0.4, -0.2) is 17.2 Å². The summed E-state index contributed by atoms with van der Waals surface area (Å²) in [6, 6.07) is 9.86. The Kier molecular flexibility index (Phi) is 3.35. The second-order valence-electron chi connectivity index (χ2n) is 3.56. The van der Waals surface area contributed by atoms with Crippen LogP contribution in [0.15, 0.2) is 42.6 Å². The molecule has 1 aromatic carbocycles. The summed E-state index contributed by atoms with van der Waals surface area (Å²) in [6.07, 6.45) is 0.396. The Hall–Kier alpha value is -1.94. The van der Waals surface area contributed by atoms with Crippen molar-refractivity contribution in [1.29, 1.82) is 0 Å². The van der Waals surface area contributed by atoms with E-state index < -0.39 is 12.1 Å². The van der Waals surface area contributed by atoms with E-state index in [9.17, 15) is 9.50 Å². The lowest BCUT2D eigenvalue weighted by molar-refractivity contribution is 0.214. The van der Waals surface area contributed by atoms with Crippen molar-refractivity contribution in [3.8, 4) is 5.75 Å². The van der Waals surface area contributed by atoms with Gasteiger partial charge in [0.05, 0.1) is 7.11 Å². The number of benzene rings is 1. The third-order valence-electron chi connectivity index (χ3n) is 2.50. The molecule has 1 unspecified atom stereocenters. The van der Waals surface area contributed by atoms with E-state index in [2.05, 4.69) is 4.98 Å². The lowest BCUT2D eigenvalue weighted by Crippen LogP contribution is -2.03. The summed E-state index contributed by atoms with van der Waals surface area (Å²) in [5, 5.41) is 10.2. The van der Waals surface area contributed by atoms with Crippen molar-refractivity contribution in [2.24, 2.45) is 0 Å². The molecule has 0 aliphatic rings. The summed E-state index contributed by atoms with van der Waals surface area (Å²) in [5.74, 6) is -0.0475. The molecule has 4 heteroatoms. The fourth-order valence-corrected chi connectivity index (χ4v) is 1.66. The fraction of sp³-hybridized carbons (Fsp3) is 0.154. The van der Waals surface area contributed by atoms with E-state index in [1.54, 1.807) is 24.3 Å². The number of aliphatic hydroxyl groups excluding tert-OH is 1. The number of aromatic nitrogens is 1. The van der Waals surface area contributed by atoms with Gasteiger partial charge in [0.2, 0.25) is 5.95 Å². The third-order valence-corrected chi connectivity index (χ3v) is 2.50. The highest BCUT2D eigenvalue weighted by Crippen LogP contribution is 2.29. The van der Waals surface area contributed by atoms with Gasteiger partial charge in [0, 0.05) is 11.8 Å². The summed E-state index contributed by atoms with van der Waals surface area (Å²) in [6.45, 7) is 0. The molecule has 2 rings (SSSR count). The molecule has 0 spiro atoms. The zero-order valence-corrected chi connectivity index (χ0v) is 9.30. The Labute approximate surface area is 98.5 Å². The number of nitrogens with zero attached hydrogens (tertiary/aromatic N) is 1. The molecule has 1 aromatic heterocycles. The predicted molar refractivity (Wildman–Crippen MR) is 61.3 cm³/mol. The molecule has 0 fully saturated rings. The standard InChI is InChI=1S/C13H12FNO2/c1-17-11-5-3-2-4-10(11)13(16)9-6-7-15-12(14)8-9/h2-8,13,16H,1H3. The molecule has 1 atom stereocenters. The van der Waals surface area contributed by atoms with Crippen molar-refractivity contribution >= 4 is 0 Å². The normalized spacial score (nSPS) is 12.2. The number of methoxy groups -OCH3 is 1. The smallest absolute Gasteiger partial charge is 0.213 e. The van der Waals surface area contributed by atoms with Gasteiger partial charge in [0.1, 0.15) is 11.9 Å². The van der Waals surface area contributed by atoms with E-state index in [0.717, 1.165) is 0 Å². The van der Waals surface area contributed by atoms with Crippen LogP contribution in [0.5, 0.6) is 5.75 Å². The van der Waals surface area contributed by atoms with Crippen molar-refractivity contribution in [3.63, 3.8) is 0 Å². The van der Waals surface area contributed by atoms with Gasteiger partial charge in [-0.2, -0.15) is 4.39 Å². The van der Waals surface area contributed by atoms with E-state index in [-0.39, 0.29) is 0 Å². The van der Waals surface area contributed by atoms with Gasteiger partial charge in [-0.3, -0.25) is 0 Å². The van der Waals surface area contributed by atoms with Crippen LogP contribution in [0.1, 0.15) is 17.2 Å². The predicted octanol–water partition coefficient (Wildman–Crippen LogP) is 2.31. The summed E-state index contributed by atoms with van der Waals surface area (Å²) >= 11 is 0. The van der Waals surface area contributed by atoms with Crippen molar-refractivity contribution in [2.45, 2.75) is 6.10 Å². The number of hydrogen-bond donors (Lipinski definition) is 1. The van der Waals surface area contributed by atoms with Crippen molar-refractivity contribution in [1.82, 2.24) is 4.98 Å². The Morgan fingerprint density at radius 2 is 2.06 bits per heavy atom. The van der Waals surface area contributed by atoms with E-state index in [0.29, 0.717) is 16.9 Å². The molecule has 3 nitrogen and oxygen atoms in total. The van der Waals surface area contributed by atoms with Crippen LogP contribution in [0.4, 0.5) is 4.39 Å². The largest absolute Gasteiger partial charge is 0.496 e. The van der Waals surface area contributed by atoms with Crippen molar-refractivity contribution in [3.05, 3.63) is 59.7 Å². The molecule has 0 bridgehead atoms. The highest BCUT2D eigenvalue weighted by Gasteiger charge is 2.15. The maximum atomic E-state index is 13.0. The van der Waals surface area contributed by atoms with Gasteiger partial charge in [-0.05, 0) is 23.8 Å². The molecular weight excluding hydrogens is 221 g/mol. The van der Waals surface area contributed by atoms with Crippen LogP contribution in [0.3, 0.4) is 0 Å². The zero-order valence-electron chi connectivity index (χ0n) is 9.30. The first kappa shape index (κ1) is 11.5. The monoisotopic (exact) mass is 233 g/mol. The Morgan fingerprint density at radius 3 is 2.76 bits per heavy atom. The second-order valence-corrected chi connectivity index (χ2v) is 3.56. The van der Waals surface area contributed by atoms with E-state index in [1.165, 1.54) is 19.4 Å². The number of rotatable bonds is 3. The molecule has 88 valence electrons. The van der Waals surface area contributed by atoms with Crippen LogP contribution < -0.4 is 4.74 Å². The Morgan fingerprint density at radius 1 is 1.29 bits per heavy atom. The van der Waals surface area contributed by atoms with Crippen LogP contribution in [0.2, 0.25) is 0 Å². The van der Waals surface area contributed by atoms with Crippen LogP contribution in [0, 0.1) is 5.95 Å². The minimum absolute atomic E-state index is 0.446. The van der Waals surface area contributed by atoms with Crippen molar-refractivity contribution in [2.75, 3.05) is 7.11 Å². The van der Waals surface area contributed by atoms with Gasteiger partial charge in [0.15, 0.2) is 0 Å². The number of para-hydroxylation sites is 1. The lowest BCUT2D eigenvalue weighted by atomic mass is 10.0. The molecular formula is C13H12FNO2. The highest BCUT2D eigenvalue weighted by atomic mass is 19.1. The average molecular weight is 233 g/mol. The van der Waals surface area contributed by atoms with Crippen LogP contribution in [-0.2, 0) is 0 Å². The maximum absolute atomic E-state index is 13.0. The summed E-state index contributed by atoms with van der Waals surface area (Å²) in [5.41, 5.74) is 1.04. The van der Waals surface area contributed by atoms with E-state index in [4.69, 9.17) is 4.74 Å². The molecule has 2 aromatic rings. The molecule has 0 saturated heterocycles. The van der Waals surface area contributed by atoms with Gasteiger partial charge in [-0.1, -0.05) is 18.2 Å². The highest BCUT2D eigenvalue weighted by molar-refractivity contribution is 5.39. The lowest BCUT2D eigenvalue weighted by Gasteiger charge is -2.14. The quantitative estimate of drug-likeness (QED) is 0.827. The number of hydrogen-bond acceptors (Lipinski definition) is 3. The second kappa shape index (κ2) is 4.93. The Bertz CT molecular complexity index is 516. The average Bonchev–Trinajstić information content (AvgIpc) is 2.38. The molecule has 1 N–H and O–H groups in total. The minimum Gasteiger partial charge on any atom is -0.496 e. The minimum atomic E-state index is -0.927. The Balaban J connectivity index is 2.40. The van der Waals surface area contributed by atoms with Crippen LogP contribution >= 0.6 is 0 Å². The first-order valence-corrected chi connectivity index (χ1v) is 5.15. The van der Waals surface area contributed by atoms with Crippen molar-refractivity contribution < 1.29 is 14.2 Å². The number of pyridine rings is 1.